The van der Waals surface area contributed by atoms with Crippen LogP contribution in [0.5, 0.6) is 0 Å². The minimum atomic E-state index is -0.202. The van der Waals surface area contributed by atoms with Gasteiger partial charge in [0, 0.05) is 20.3 Å². The quantitative estimate of drug-likeness (QED) is 0.774. The van der Waals surface area contributed by atoms with Crippen LogP contribution in [0.3, 0.4) is 0 Å². The number of aliphatic hydroxyl groups is 1. The van der Waals surface area contributed by atoms with E-state index in [2.05, 4.69) is 0 Å². The van der Waals surface area contributed by atoms with Gasteiger partial charge in [-0.2, -0.15) is 0 Å². The molecule has 0 radical (unpaired) electrons. The Morgan fingerprint density at radius 3 is 2.93 bits per heavy atom. The van der Waals surface area contributed by atoms with Crippen molar-refractivity contribution in [3.8, 4) is 0 Å². The molecule has 2 rings (SSSR count). The molecule has 1 saturated carbocycles. The Labute approximate surface area is 91.8 Å². The second-order valence-corrected chi connectivity index (χ2v) is 4.99. The highest BCUT2D eigenvalue weighted by atomic mass is 16.5. The van der Waals surface area contributed by atoms with Crippen molar-refractivity contribution in [3.05, 3.63) is 0 Å². The van der Waals surface area contributed by atoms with Crippen molar-refractivity contribution >= 4 is 0 Å². The van der Waals surface area contributed by atoms with Crippen molar-refractivity contribution in [2.45, 2.75) is 50.2 Å². The molecular formula is C12H22O3. The number of methoxy groups -OCH3 is 1. The van der Waals surface area contributed by atoms with E-state index in [9.17, 15) is 5.11 Å². The third kappa shape index (κ3) is 2.52. The third-order valence-corrected chi connectivity index (χ3v) is 3.96. The van der Waals surface area contributed by atoms with Crippen molar-refractivity contribution in [2.75, 3.05) is 20.3 Å². The summed E-state index contributed by atoms with van der Waals surface area (Å²) in [5.41, 5.74) is 0.150. The molecule has 2 aliphatic rings. The Hall–Kier alpha value is -0.120. The standard InChI is InChI=1S/C12H22O3/c1-14-7-4-11(13)10-3-8-15-12(9-10)5-2-6-12/h10-11,13H,2-9H2,1H3. The minimum absolute atomic E-state index is 0.150. The lowest BCUT2D eigenvalue weighted by Crippen LogP contribution is -2.47. The molecule has 1 aliphatic heterocycles. The fraction of sp³-hybridized carbons (Fsp3) is 1.00. The Morgan fingerprint density at radius 1 is 1.53 bits per heavy atom. The van der Waals surface area contributed by atoms with Gasteiger partial charge in [-0.3, -0.25) is 0 Å². The first kappa shape index (κ1) is 11.4. The average Bonchev–Trinajstić information content (AvgIpc) is 2.24. The Balaban J connectivity index is 1.81. The highest BCUT2D eigenvalue weighted by Crippen LogP contribution is 2.45. The predicted octanol–water partition coefficient (Wildman–Crippen LogP) is 1.73. The molecule has 1 N–H and O–H groups in total. The zero-order chi connectivity index (χ0) is 10.7. The molecule has 0 aromatic carbocycles. The number of hydrogen-bond donors (Lipinski definition) is 1. The Morgan fingerprint density at radius 2 is 2.33 bits per heavy atom. The largest absolute Gasteiger partial charge is 0.393 e. The van der Waals surface area contributed by atoms with Gasteiger partial charge < -0.3 is 14.6 Å². The molecule has 15 heavy (non-hydrogen) atoms. The summed E-state index contributed by atoms with van der Waals surface area (Å²) < 4.78 is 10.8. The molecule has 0 bridgehead atoms. The first-order valence-electron chi connectivity index (χ1n) is 6.07. The van der Waals surface area contributed by atoms with Crippen LogP contribution < -0.4 is 0 Å². The summed E-state index contributed by atoms with van der Waals surface area (Å²) >= 11 is 0. The van der Waals surface area contributed by atoms with E-state index in [1.807, 2.05) is 0 Å². The lowest BCUT2D eigenvalue weighted by molar-refractivity contribution is -0.158. The van der Waals surface area contributed by atoms with Crippen molar-refractivity contribution in [1.29, 1.82) is 0 Å². The number of hydrogen-bond acceptors (Lipinski definition) is 3. The summed E-state index contributed by atoms with van der Waals surface area (Å²) in [6.07, 6.45) is 6.30. The Kier molecular flexibility index (Phi) is 3.65. The molecule has 2 fully saturated rings. The van der Waals surface area contributed by atoms with Crippen LogP contribution in [0.4, 0.5) is 0 Å². The smallest absolute Gasteiger partial charge is 0.0686 e. The first-order chi connectivity index (χ1) is 7.26. The fourth-order valence-corrected chi connectivity index (χ4v) is 2.79. The SMILES string of the molecule is COCCC(O)C1CCOC2(CCC2)C1. The molecular weight excluding hydrogens is 192 g/mol. The molecule has 0 amide bonds. The van der Waals surface area contributed by atoms with Crippen LogP contribution in [-0.2, 0) is 9.47 Å². The molecule has 1 heterocycles. The summed E-state index contributed by atoms with van der Waals surface area (Å²) in [7, 11) is 1.68. The zero-order valence-electron chi connectivity index (χ0n) is 9.58. The number of aliphatic hydroxyl groups excluding tert-OH is 1. The molecule has 3 nitrogen and oxygen atoms in total. The zero-order valence-corrected chi connectivity index (χ0v) is 9.58. The second-order valence-electron chi connectivity index (χ2n) is 4.99. The summed E-state index contributed by atoms with van der Waals surface area (Å²) in [6.45, 7) is 1.49. The van der Waals surface area contributed by atoms with Gasteiger partial charge in [-0.1, -0.05) is 0 Å². The predicted molar refractivity (Wildman–Crippen MR) is 57.8 cm³/mol. The van der Waals surface area contributed by atoms with E-state index in [1.54, 1.807) is 7.11 Å². The van der Waals surface area contributed by atoms with Crippen LogP contribution in [0.25, 0.3) is 0 Å². The van der Waals surface area contributed by atoms with E-state index in [0.717, 1.165) is 25.9 Å². The van der Waals surface area contributed by atoms with Crippen LogP contribution in [0, 0.1) is 5.92 Å². The monoisotopic (exact) mass is 214 g/mol. The first-order valence-corrected chi connectivity index (χ1v) is 6.07. The lowest BCUT2D eigenvalue weighted by Gasteiger charge is -2.48. The summed E-state index contributed by atoms with van der Waals surface area (Å²) in [5.74, 6) is 0.425. The van der Waals surface area contributed by atoms with Crippen molar-refractivity contribution in [2.24, 2.45) is 5.92 Å². The molecule has 3 heteroatoms. The molecule has 0 aromatic heterocycles. The molecule has 2 unspecified atom stereocenters. The Bertz CT molecular complexity index is 201. The average molecular weight is 214 g/mol. The fourth-order valence-electron chi connectivity index (χ4n) is 2.79. The van der Waals surface area contributed by atoms with E-state index in [0.29, 0.717) is 12.5 Å². The molecule has 88 valence electrons. The van der Waals surface area contributed by atoms with Crippen LogP contribution in [0.15, 0.2) is 0 Å². The van der Waals surface area contributed by atoms with Crippen molar-refractivity contribution < 1.29 is 14.6 Å². The number of ether oxygens (including phenoxy) is 2. The van der Waals surface area contributed by atoms with Gasteiger partial charge in [0.15, 0.2) is 0 Å². The van der Waals surface area contributed by atoms with E-state index in [4.69, 9.17) is 9.47 Å². The van der Waals surface area contributed by atoms with E-state index in [1.165, 1.54) is 19.3 Å². The summed E-state index contributed by atoms with van der Waals surface area (Å²) in [5, 5.41) is 10.0. The van der Waals surface area contributed by atoms with Gasteiger partial charge in [0.05, 0.1) is 11.7 Å². The summed E-state index contributed by atoms with van der Waals surface area (Å²) in [6, 6.07) is 0. The number of rotatable bonds is 4. The van der Waals surface area contributed by atoms with Gasteiger partial charge in [0.1, 0.15) is 0 Å². The highest BCUT2D eigenvalue weighted by molar-refractivity contribution is 4.95. The van der Waals surface area contributed by atoms with Crippen LogP contribution >= 0.6 is 0 Å². The van der Waals surface area contributed by atoms with Gasteiger partial charge >= 0.3 is 0 Å². The normalized spacial score (nSPS) is 31.2. The highest BCUT2D eigenvalue weighted by Gasteiger charge is 2.43. The summed E-state index contributed by atoms with van der Waals surface area (Å²) in [4.78, 5) is 0. The topological polar surface area (TPSA) is 38.7 Å². The maximum absolute atomic E-state index is 10.0. The molecule has 1 saturated heterocycles. The van der Waals surface area contributed by atoms with Crippen molar-refractivity contribution in [1.82, 2.24) is 0 Å². The minimum Gasteiger partial charge on any atom is -0.393 e. The lowest BCUT2D eigenvalue weighted by atomic mass is 9.70. The van der Waals surface area contributed by atoms with Crippen molar-refractivity contribution in [3.63, 3.8) is 0 Å². The maximum atomic E-state index is 10.0. The van der Waals surface area contributed by atoms with Gasteiger partial charge in [-0.05, 0) is 44.4 Å². The van der Waals surface area contributed by atoms with E-state index >= 15 is 0 Å². The third-order valence-electron chi connectivity index (χ3n) is 3.96. The molecule has 1 aliphatic carbocycles. The second kappa shape index (κ2) is 4.81. The van der Waals surface area contributed by atoms with E-state index < -0.39 is 0 Å². The van der Waals surface area contributed by atoms with Crippen LogP contribution in [0.1, 0.15) is 38.5 Å². The van der Waals surface area contributed by atoms with Gasteiger partial charge in [0.2, 0.25) is 0 Å². The van der Waals surface area contributed by atoms with Crippen LogP contribution in [0.2, 0.25) is 0 Å². The maximum Gasteiger partial charge on any atom is 0.0686 e. The van der Waals surface area contributed by atoms with Crippen LogP contribution in [-0.4, -0.2) is 37.1 Å². The van der Waals surface area contributed by atoms with Gasteiger partial charge in [0.25, 0.3) is 0 Å². The van der Waals surface area contributed by atoms with Gasteiger partial charge in [-0.25, -0.2) is 0 Å². The van der Waals surface area contributed by atoms with E-state index in [-0.39, 0.29) is 11.7 Å². The molecule has 0 aromatic rings. The molecule has 1 spiro atoms. The van der Waals surface area contributed by atoms with Gasteiger partial charge in [-0.15, -0.1) is 0 Å². The molecule has 2 atom stereocenters.